The Hall–Kier alpha value is -3.40. The number of hydrogen-bond donors (Lipinski definition) is 2. The summed E-state index contributed by atoms with van der Waals surface area (Å²) in [5, 5.41) is 5.42. The standard InChI is InChI=1S/C20H15ClF4N4O2/c21-9-18(30)29-13-2-1-3-14(7-13)31-19-8-17(27-11-28-19)26-10-12-4-5-16(22)15(6-12)20(23,24)25/h1-8,11H,9-10H2,(H,29,30)(H,26,27,28). The first-order chi connectivity index (χ1) is 14.7. The molecule has 0 radical (unpaired) electrons. The summed E-state index contributed by atoms with van der Waals surface area (Å²) in [4.78, 5) is 19.3. The highest BCUT2D eigenvalue weighted by Gasteiger charge is 2.34. The third-order valence-electron chi connectivity index (χ3n) is 3.91. The second-order valence-corrected chi connectivity index (χ2v) is 6.49. The molecule has 3 rings (SSSR count). The molecule has 0 unspecified atom stereocenters. The first-order valence-electron chi connectivity index (χ1n) is 8.80. The van der Waals surface area contributed by atoms with Crippen molar-refractivity contribution in [3.05, 3.63) is 71.8 Å². The fraction of sp³-hybridized carbons (Fsp3) is 0.150. The molecule has 11 heteroatoms. The number of nitrogens with zero attached hydrogens (tertiary/aromatic N) is 2. The molecule has 31 heavy (non-hydrogen) atoms. The van der Waals surface area contributed by atoms with Gasteiger partial charge in [-0.3, -0.25) is 4.79 Å². The molecule has 162 valence electrons. The Kier molecular flexibility index (Phi) is 6.91. The third-order valence-corrected chi connectivity index (χ3v) is 4.16. The van der Waals surface area contributed by atoms with Crippen LogP contribution in [0.5, 0.6) is 11.6 Å². The van der Waals surface area contributed by atoms with Gasteiger partial charge in [0.2, 0.25) is 11.8 Å². The summed E-state index contributed by atoms with van der Waals surface area (Å²) in [6.45, 7) is -0.0280. The van der Waals surface area contributed by atoms with Gasteiger partial charge in [0.1, 0.15) is 29.6 Å². The summed E-state index contributed by atoms with van der Waals surface area (Å²) in [5.41, 5.74) is -0.635. The molecule has 0 aliphatic carbocycles. The summed E-state index contributed by atoms with van der Waals surface area (Å²) in [7, 11) is 0. The van der Waals surface area contributed by atoms with Gasteiger partial charge in [0.15, 0.2) is 0 Å². The summed E-state index contributed by atoms with van der Waals surface area (Å²) >= 11 is 5.46. The molecule has 0 saturated heterocycles. The summed E-state index contributed by atoms with van der Waals surface area (Å²) in [5.74, 6) is -1.07. The minimum absolute atomic E-state index is 0.0280. The first kappa shape index (κ1) is 22.3. The Bertz CT molecular complexity index is 1080. The minimum atomic E-state index is -4.78. The predicted octanol–water partition coefficient (Wildman–Crippen LogP) is 5.22. The maximum Gasteiger partial charge on any atom is 0.419 e. The van der Waals surface area contributed by atoms with Crippen LogP contribution in [-0.4, -0.2) is 21.8 Å². The van der Waals surface area contributed by atoms with Crippen LogP contribution in [0.15, 0.2) is 54.9 Å². The van der Waals surface area contributed by atoms with Crippen molar-refractivity contribution in [2.75, 3.05) is 16.5 Å². The van der Waals surface area contributed by atoms with Crippen molar-refractivity contribution in [3.63, 3.8) is 0 Å². The summed E-state index contributed by atoms with van der Waals surface area (Å²) < 4.78 is 57.6. The molecule has 0 aliphatic rings. The number of aromatic nitrogens is 2. The molecule has 1 amide bonds. The Balaban J connectivity index is 1.68. The van der Waals surface area contributed by atoms with Crippen molar-refractivity contribution in [2.45, 2.75) is 12.7 Å². The van der Waals surface area contributed by atoms with Gasteiger partial charge in [-0.1, -0.05) is 12.1 Å². The fourth-order valence-corrected chi connectivity index (χ4v) is 2.60. The molecule has 0 spiro atoms. The van der Waals surface area contributed by atoms with E-state index < -0.39 is 17.6 Å². The number of hydrogen-bond acceptors (Lipinski definition) is 5. The zero-order chi connectivity index (χ0) is 22.4. The van der Waals surface area contributed by atoms with Crippen LogP contribution >= 0.6 is 11.6 Å². The summed E-state index contributed by atoms with van der Waals surface area (Å²) in [6.07, 6.45) is -3.57. The molecule has 3 aromatic rings. The lowest BCUT2D eigenvalue weighted by Gasteiger charge is -2.11. The number of halogens is 5. The van der Waals surface area contributed by atoms with E-state index in [2.05, 4.69) is 20.6 Å². The molecule has 0 aliphatic heterocycles. The van der Waals surface area contributed by atoms with Crippen molar-refractivity contribution in [3.8, 4) is 11.6 Å². The van der Waals surface area contributed by atoms with Crippen LogP contribution in [0.3, 0.4) is 0 Å². The van der Waals surface area contributed by atoms with Crippen LogP contribution in [0, 0.1) is 5.82 Å². The van der Waals surface area contributed by atoms with Crippen LogP contribution in [0.4, 0.5) is 29.1 Å². The Morgan fingerprint density at radius 2 is 1.90 bits per heavy atom. The number of benzene rings is 2. The molecule has 0 atom stereocenters. The normalized spacial score (nSPS) is 11.1. The van der Waals surface area contributed by atoms with E-state index in [4.69, 9.17) is 16.3 Å². The van der Waals surface area contributed by atoms with Crippen LogP contribution < -0.4 is 15.4 Å². The molecule has 1 heterocycles. The van der Waals surface area contributed by atoms with Gasteiger partial charge in [0, 0.05) is 24.4 Å². The SMILES string of the molecule is O=C(CCl)Nc1cccc(Oc2cc(NCc3ccc(F)c(C(F)(F)F)c3)ncn2)c1. The lowest BCUT2D eigenvalue weighted by Crippen LogP contribution is -2.12. The second kappa shape index (κ2) is 9.61. The average Bonchev–Trinajstić information content (AvgIpc) is 2.73. The van der Waals surface area contributed by atoms with E-state index in [0.717, 1.165) is 12.1 Å². The molecule has 0 fully saturated rings. The van der Waals surface area contributed by atoms with Crippen LogP contribution in [-0.2, 0) is 17.5 Å². The van der Waals surface area contributed by atoms with Gasteiger partial charge in [-0.05, 0) is 29.8 Å². The van der Waals surface area contributed by atoms with Crippen molar-refractivity contribution in [2.24, 2.45) is 0 Å². The van der Waals surface area contributed by atoms with Crippen molar-refractivity contribution >= 4 is 29.0 Å². The number of alkyl halides is 4. The van der Waals surface area contributed by atoms with E-state index in [9.17, 15) is 22.4 Å². The van der Waals surface area contributed by atoms with Crippen molar-refractivity contribution in [1.82, 2.24) is 9.97 Å². The highest BCUT2D eigenvalue weighted by Crippen LogP contribution is 2.32. The number of amides is 1. The van der Waals surface area contributed by atoms with E-state index in [1.807, 2.05) is 0 Å². The van der Waals surface area contributed by atoms with Crippen LogP contribution in [0.2, 0.25) is 0 Å². The molecule has 2 aromatic carbocycles. The van der Waals surface area contributed by atoms with Crippen LogP contribution in [0.25, 0.3) is 0 Å². The zero-order valence-electron chi connectivity index (χ0n) is 15.7. The average molecular weight is 455 g/mol. The van der Waals surface area contributed by atoms with Gasteiger partial charge in [-0.25, -0.2) is 14.4 Å². The van der Waals surface area contributed by atoms with E-state index >= 15 is 0 Å². The highest BCUT2D eigenvalue weighted by atomic mass is 35.5. The lowest BCUT2D eigenvalue weighted by atomic mass is 10.1. The number of carbonyl (C=O) groups is 1. The van der Waals surface area contributed by atoms with E-state index in [0.29, 0.717) is 11.4 Å². The van der Waals surface area contributed by atoms with Gasteiger partial charge in [0.05, 0.1) is 5.56 Å². The van der Waals surface area contributed by atoms with Gasteiger partial charge in [-0.2, -0.15) is 13.2 Å². The highest BCUT2D eigenvalue weighted by molar-refractivity contribution is 6.29. The molecule has 1 aromatic heterocycles. The van der Waals surface area contributed by atoms with Gasteiger partial charge in [-0.15, -0.1) is 11.6 Å². The van der Waals surface area contributed by atoms with Gasteiger partial charge >= 0.3 is 6.18 Å². The number of rotatable bonds is 7. The molecule has 2 N–H and O–H groups in total. The molecular weight excluding hydrogens is 440 g/mol. The topological polar surface area (TPSA) is 76.1 Å². The largest absolute Gasteiger partial charge is 0.439 e. The zero-order valence-corrected chi connectivity index (χ0v) is 16.5. The quantitative estimate of drug-likeness (QED) is 0.378. The predicted molar refractivity (Wildman–Crippen MR) is 107 cm³/mol. The Morgan fingerprint density at radius 1 is 1.10 bits per heavy atom. The lowest BCUT2D eigenvalue weighted by molar-refractivity contribution is -0.140. The maximum absolute atomic E-state index is 13.4. The molecule has 0 saturated carbocycles. The van der Waals surface area contributed by atoms with Gasteiger partial charge < -0.3 is 15.4 Å². The summed E-state index contributed by atoms with van der Waals surface area (Å²) in [6, 6.07) is 10.7. The minimum Gasteiger partial charge on any atom is -0.439 e. The number of nitrogens with one attached hydrogen (secondary N) is 2. The Morgan fingerprint density at radius 3 is 2.65 bits per heavy atom. The first-order valence-corrected chi connectivity index (χ1v) is 9.33. The van der Waals surface area contributed by atoms with Crippen molar-refractivity contribution < 1.29 is 27.1 Å². The Labute approximate surface area is 179 Å². The molecule has 0 bridgehead atoms. The van der Waals surface area contributed by atoms with E-state index in [1.165, 1.54) is 18.5 Å². The monoisotopic (exact) mass is 454 g/mol. The van der Waals surface area contributed by atoms with Gasteiger partial charge in [0.25, 0.3) is 0 Å². The van der Waals surface area contributed by atoms with E-state index in [1.54, 1.807) is 24.3 Å². The van der Waals surface area contributed by atoms with Crippen LogP contribution in [0.1, 0.15) is 11.1 Å². The fourth-order valence-electron chi connectivity index (χ4n) is 2.54. The molecule has 6 nitrogen and oxygen atoms in total. The second-order valence-electron chi connectivity index (χ2n) is 6.22. The number of anilines is 2. The third kappa shape index (κ3) is 6.29. The smallest absolute Gasteiger partial charge is 0.419 e. The molecular formula is C20H15ClF4N4O2. The maximum atomic E-state index is 13.4. The van der Waals surface area contributed by atoms with E-state index in [-0.39, 0.29) is 35.6 Å². The van der Waals surface area contributed by atoms with Crippen molar-refractivity contribution in [1.29, 1.82) is 0 Å². The number of ether oxygens (including phenoxy) is 1. The number of carbonyl (C=O) groups excluding carboxylic acids is 1.